The number of rotatable bonds is 2. The highest BCUT2D eigenvalue weighted by Gasteiger charge is 2.03. The number of ether oxygens (including phenoxy) is 1. The number of fused-ring (bicyclic) bond motifs is 1. The molecule has 0 aliphatic carbocycles. The number of nitrogens with two attached hydrogens (primary N) is 1. The minimum absolute atomic E-state index is 0.647. The minimum Gasteiger partial charge on any atom is -0.493 e. The van der Waals surface area contributed by atoms with Crippen LogP contribution in [0.4, 0.5) is 5.69 Å². The molecule has 3 nitrogen and oxygen atoms in total. The van der Waals surface area contributed by atoms with Crippen LogP contribution in [-0.4, -0.2) is 11.6 Å². The zero-order chi connectivity index (χ0) is 9.97. The Balaban J connectivity index is 2.68. The number of para-hydroxylation sites is 1. The van der Waals surface area contributed by atoms with Crippen molar-refractivity contribution in [2.45, 2.75) is 6.92 Å². The molecule has 0 amide bonds. The molecule has 1 aromatic heterocycles. The highest BCUT2D eigenvalue weighted by atomic mass is 16.5. The molecular formula is C11H12N2O. The van der Waals surface area contributed by atoms with Crippen LogP contribution in [0.2, 0.25) is 0 Å². The molecule has 3 heteroatoms. The van der Waals surface area contributed by atoms with Crippen LogP contribution in [0.25, 0.3) is 10.9 Å². The molecule has 0 aliphatic rings. The SMILES string of the molecule is CCOc1ccnc2c(N)cccc12. The molecule has 0 radical (unpaired) electrons. The largest absolute Gasteiger partial charge is 0.493 e. The van der Waals surface area contributed by atoms with Crippen LogP contribution in [-0.2, 0) is 0 Å². The third-order valence-electron chi connectivity index (χ3n) is 2.06. The number of aromatic nitrogens is 1. The van der Waals surface area contributed by atoms with Gasteiger partial charge in [0.25, 0.3) is 0 Å². The first kappa shape index (κ1) is 8.81. The average Bonchev–Trinajstić information content (AvgIpc) is 2.20. The van der Waals surface area contributed by atoms with Gasteiger partial charge >= 0.3 is 0 Å². The van der Waals surface area contributed by atoms with E-state index in [1.54, 1.807) is 6.20 Å². The normalized spacial score (nSPS) is 10.4. The summed E-state index contributed by atoms with van der Waals surface area (Å²) in [5.41, 5.74) is 7.29. The zero-order valence-corrected chi connectivity index (χ0v) is 8.03. The summed E-state index contributed by atoms with van der Waals surface area (Å²) < 4.78 is 5.48. The van der Waals surface area contributed by atoms with Gasteiger partial charge in [0.1, 0.15) is 5.75 Å². The van der Waals surface area contributed by atoms with Gasteiger partial charge < -0.3 is 10.5 Å². The van der Waals surface area contributed by atoms with Gasteiger partial charge in [0.2, 0.25) is 0 Å². The summed E-state index contributed by atoms with van der Waals surface area (Å²) >= 11 is 0. The second kappa shape index (κ2) is 3.54. The molecule has 0 aliphatic heterocycles. The molecule has 0 fully saturated rings. The summed E-state index contributed by atoms with van der Waals surface area (Å²) in [7, 11) is 0. The van der Waals surface area contributed by atoms with E-state index >= 15 is 0 Å². The maximum absolute atomic E-state index is 5.80. The maximum Gasteiger partial charge on any atom is 0.130 e. The van der Waals surface area contributed by atoms with E-state index < -0.39 is 0 Å². The number of nitrogen functional groups attached to an aromatic ring is 1. The van der Waals surface area contributed by atoms with Gasteiger partial charge in [-0.1, -0.05) is 6.07 Å². The van der Waals surface area contributed by atoms with E-state index in [-0.39, 0.29) is 0 Å². The number of hydrogen-bond acceptors (Lipinski definition) is 3. The molecule has 2 rings (SSSR count). The van der Waals surface area contributed by atoms with Gasteiger partial charge in [0.05, 0.1) is 17.8 Å². The first-order valence-electron chi connectivity index (χ1n) is 4.59. The lowest BCUT2D eigenvalue weighted by Gasteiger charge is -2.07. The molecule has 2 N–H and O–H groups in total. The average molecular weight is 188 g/mol. The highest BCUT2D eigenvalue weighted by molar-refractivity contribution is 5.93. The fraction of sp³-hybridized carbons (Fsp3) is 0.182. The van der Waals surface area contributed by atoms with Crippen LogP contribution in [0.3, 0.4) is 0 Å². The van der Waals surface area contributed by atoms with E-state index in [2.05, 4.69) is 4.98 Å². The van der Waals surface area contributed by atoms with Gasteiger partial charge in [0, 0.05) is 11.6 Å². The fourth-order valence-electron chi connectivity index (χ4n) is 1.45. The Bertz CT molecular complexity index is 454. The van der Waals surface area contributed by atoms with Gasteiger partial charge in [-0.2, -0.15) is 0 Å². The van der Waals surface area contributed by atoms with Crippen molar-refractivity contribution >= 4 is 16.6 Å². The molecule has 0 saturated carbocycles. The lowest BCUT2D eigenvalue weighted by Crippen LogP contribution is -1.95. The summed E-state index contributed by atoms with van der Waals surface area (Å²) in [5.74, 6) is 0.838. The smallest absolute Gasteiger partial charge is 0.130 e. The van der Waals surface area contributed by atoms with Crippen LogP contribution < -0.4 is 10.5 Å². The third-order valence-corrected chi connectivity index (χ3v) is 2.06. The topological polar surface area (TPSA) is 48.1 Å². The number of anilines is 1. The van der Waals surface area contributed by atoms with Crippen LogP contribution in [0.1, 0.15) is 6.92 Å². The Hall–Kier alpha value is -1.77. The lowest BCUT2D eigenvalue weighted by molar-refractivity contribution is 0.344. The van der Waals surface area contributed by atoms with Crippen LogP contribution >= 0.6 is 0 Å². The predicted molar refractivity (Wildman–Crippen MR) is 57.3 cm³/mol. The van der Waals surface area contributed by atoms with Gasteiger partial charge in [-0.3, -0.25) is 4.98 Å². The fourth-order valence-corrected chi connectivity index (χ4v) is 1.45. The molecule has 0 saturated heterocycles. The van der Waals surface area contributed by atoms with E-state index in [1.165, 1.54) is 0 Å². The van der Waals surface area contributed by atoms with Crippen molar-refractivity contribution in [2.75, 3.05) is 12.3 Å². The summed E-state index contributed by atoms with van der Waals surface area (Å²) in [6.45, 7) is 2.60. The van der Waals surface area contributed by atoms with E-state index in [0.717, 1.165) is 16.7 Å². The first-order valence-corrected chi connectivity index (χ1v) is 4.59. The van der Waals surface area contributed by atoms with Gasteiger partial charge in [-0.25, -0.2) is 0 Å². The van der Waals surface area contributed by atoms with E-state index in [1.807, 2.05) is 31.2 Å². The summed E-state index contributed by atoms with van der Waals surface area (Å²) in [4.78, 5) is 4.22. The Morgan fingerprint density at radius 1 is 1.36 bits per heavy atom. The number of nitrogens with zero attached hydrogens (tertiary/aromatic N) is 1. The van der Waals surface area contributed by atoms with E-state index in [0.29, 0.717) is 12.3 Å². The molecule has 0 atom stereocenters. The minimum atomic E-state index is 0.647. The third kappa shape index (κ3) is 1.37. The summed E-state index contributed by atoms with van der Waals surface area (Å²) in [6, 6.07) is 7.56. The summed E-state index contributed by atoms with van der Waals surface area (Å²) in [5, 5.41) is 0.967. The Kier molecular flexibility index (Phi) is 2.23. The molecule has 1 aromatic carbocycles. The van der Waals surface area contributed by atoms with Gasteiger partial charge in [-0.15, -0.1) is 0 Å². The number of pyridine rings is 1. The second-order valence-electron chi connectivity index (χ2n) is 2.99. The maximum atomic E-state index is 5.80. The monoisotopic (exact) mass is 188 g/mol. The van der Waals surface area contributed by atoms with Crippen molar-refractivity contribution in [3.63, 3.8) is 0 Å². The Labute approximate surface area is 82.5 Å². The Morgan fingerprint density at radius 3 is 3.00 bits per heavy atom. The van der Waals surface area contributed by atoms with E-state index in [4.69, 9.17) is 10.5 Å². The molecule has 1 heterocycles. The van der Waals surface area contributed by atoms with Crippen molar-refractivity contribution in [1.82, 2.24) is 4.98 Å². The number of benzene rings is 1. The standard InChI is InChI=1S/C11H12N2O/c1-2-14-10-6-7-13-11-8(10)4-3-5-9(11)12/h3-7H,2,12H2,1H3. The molecular weight excluding hydrogens is 176 g/mol. The van der Waals surface area contributed by atoms with Gasteiger partial charge in [-0.05, 0) is 25.1 Å². The second-order valence-corrected chi connectivity index (χ2v) is 2.99. The van der Waals surface area contributed by atoms with E-state index in [9.17, 15) is 0 Å². The first-order chi connectivity index (χ1) is 6.83. The van der Waals surface area contributed by atoms with Crippen molar-refractivity contribution in [1.29, 1.82) is 0 Å². The van der Waals surface area contributed by atoms with Crippen molar-refractivity contribution in [3.8, 4) is 5.75 Å². The van der Waals surface area contributed by atoms with Crippen molar-refractivity contribution < 1.29 is 4.74 Å². The van der Waals surface area contributed by atoms with Gasteiger partial charge in [0.15, 0.2) is 0 Å². The van der Waals surface area contributed by atoms with Crippen LogP contribution in [0.5, 0.6) is 5.75 Å². The quantitative estimate of drug-likeness (QED) is 0.735. The van der Waals surface area contributed by atoms with Crippen molar-refractivity contribution in [2.24, 2.45) is 0 Å². The van der Waals surface area contributed by atoms with Crippen LogP contribution in [0.15, 0.2) is 30.5 Å². The molecule has 2 aromatic rings. The highest BCUT2D eigenvalue weighted by Crippen LogP contribution is 2.26. The molecule has 14 heavy (non-hydrogen) atoms. The van der Waals surface area contributed by atoms with Crippen LogP contribution in [0, 0.1) is 0 Å². The number of hydrogen-bond donors (Lipinski definition) is 1. The predicted octanol–water partition coefficient (Wildman–Crippen LogP) is 2.22. The molecule has 0 unspecified atom stereocenters. The zero-order valence-electron chi connectivity index (χ0n) is 8.03. The summed E-state index contributed by atoms with van der Waals surface area (Å²) in [6.07, 6.45) is 1.71. The lowest BCUT2D eigenvalue weighted by atomic mass is 10.2. The Morgan fingerprint density at radius 2 is 2.21 bits per heavy atom. The molecule has 0 bridgehead atoms. The molecule has 0 spiro atoms. The van der Waals surface area contributed by atoms with Crippen molar-refractivity contribution in [3.05, 3.63) is 30.5 Å². The molecule has 72 valence electrons.